The molecule has 6 nitrogen and oxygen atoms in total. The van der Waals surface area contributed by atoms with Crippen LogP contribution in [0.15, 0.2) is 18.2 Å². The Balaban J connectivity index is 2.00. The summed E-state index contributed by atoms with van der Waals surface area (Å²) in [5.41, 5.74) is 2.28. The molecule has 32 heavy (non-hydrogen) atoms. The number of nitrogens with one attached hydrogen (secondary N) is 2. The third-order valence-electron chi connectivity index (χ3n) is 6.22. The predicted octanol–water partition coefficient (Wildman–Crippen LogP) is 5.38. The highest BCUT2D eigenvalue weighted by atomic mass is 16.5. The van der Waals surface area contributed by atoms with Crippen LogP contribution in [-0.4, -0.2) is 45.2 Å². The summed E-state index contributed by atoms with van der Waals surface area (Å²) in [5, 5.41) is 6.00. The van der Waals surface area contributed by atoms with E-state index >= 15 is 0 Å². The molecule has 1 aliphatic rings. The van der Waals surface area contributed by atoms with Gasteiger partial charge < -0.3 is 20.3 Å². The van der Waals surface area contributed by atoms with Crippen molar-refractivity contribution in [1.82, 2.24) is 5.32 Å². The topological polar surface area (TPSA) is 70.7 Å². The lowest BCUT2D eigenvalue weighted by atomic mass is 9.97. The second kappa shape index (κ2) is 14.9. The van der Waals surface area contributed by atoms with Crippen molar-refractivity contribution in [3.63, 3.8) is 0 Å². The highest BCUT2D eigenvalue weighted by Gasteiger charge is 2.21. The number of hydrogen-bond acceptors (Lipinski definition) is 4. The Bertz CT molecular complexity index is 700. The summed E-state index contributed by atoms with van der Waals surface area (Å²) in [7, 11) is 1.66. The van der Waals surface area contributed by atoms with Crippen LogP contribution in [0.1, 0.15) is 88.4 Å². The lowest BCUT2D eigenvalue weighted by molar-refractivity contribution is -0.116. The zero-order valence-electron chi connectivity index (χ0n) is 20.4. The summed E-state index contributed by atoms with van der Waals surface area (Å²) in [4.78, 5) is 27.7. The van der Waals surface area contributed by atoms with E-state index in [9.17, 15) is 9.59 Å². The minimum atomic E-state index is -0.0956. The third kappa shape index (κ3) is 9.19. The molecule has 180 valence electrons. The fraction of sp³-hybridized carbons (Fsp3) is 0.692. The van der Waals surface area contributed by atoms with Crippen LogP contribution in [0.5, 0.6) is 0 Å². The Labute approximate surface area is 194 Å². The molecule has 6 heteroatoms. The minimum Gasteiger partial charge on any atom is -0.385 e. The molecule has 0 aromatic heterocycles. The summed E-state index contributed by atoms with van der Waals surface area (Å²) in [6.07, 6.45) is 10.5. The first kappa shape index (κ1) is 26.2. The van der Waals surface area contributed by atoms with Crippen LogP contribution < -0.4 is 15.5 Å². The van der Waals surface area contributed by atoms with Crippen molar-refractivity contribution < 1.29 is 14.3 Å². The van der Waals surface area contributed by atoms with E-state index in [0.29, 0.717) is 30.8 Å². The Morgan fingerprint density at radius 1 is 1.06 bits per heavy atom. The van der Waals surface area contributed by atoms with Crippen LogP contribution in [0.4, 0.5) is 11.4 Å². The van der Waals surface area contributed by atoms with E-state index in [1.807, 2.05) is 18.2 Å². The van der Waals surface area contributed by atoms with Crippen molar-refractivity contribution in [1.29, 1.82) is 0 Å². The third-order valence-corrected chi connectivity index (χ3v) is 6.22. The van der Waals surface area contributed by atoms with E-state index in [1.54, 1.807) is 7.11 Å². The number of ether oxygens (including phenoxy) is 1. The molecule has 0 bridgehead atoms. The number of amides is 2. The maximum Gasteiger partial charge on any atom is 0.253 e. The van der Waals surface area contributed by atoms with Crippen molar-refractivity contribution in [3.8, 4) is 0 Å². The van der Waals surface area contributed by atoms with Gasteiger partial charge in [0.25, 0.3) is 5.91 Å². The SMILES string of the molecule is CCCCCCCCC(=O)Nc1ccc(N2CCC(C)CC2)c(C(=O)NCCCOC)c1. The first-order valence-electron chi connectivity index (χ1n) is 12.5. The molecule has 2 N–H and O–H groups in total. The summed E-state index contributed by atoms with van der Waals surface area (Å²) >= 11 is 0. The maximum absolute atomic E-state index is 13.0. The molecule has 1 saturated heterocycles. The number of anilines is 2. The molecule has 1 aromatic rings. The summed E-state index contributed by atoms with van der Waals surface area (Å²) in [6, 6.07) is 5.74. The number of rotatable bonds is 14. The van der Waals surface area contributed by atoms with Crippen LogP contribution in [-0.2, 0) is 9.53 Å². The van der Waals surface area contributed by atoms with E-state index in [2.05, 4.69) is 29.4 Å². The van der Waals surface area contributed by atoms with Gasteiger partial charge in [-0.15, -0.1) is 0 Å². The monoisotopic (exact) mass is 445 g/mol. The molecule has 1 aromatic carbocycles. The average Bonchev–Trinajstić information content (AvgIpc) is 2.79. The molecule has 1 heterocycles. The summed E-state index contributed by atoms with van der Waals surface area (Å²) in [6.45, 7) is 7.58. The van der Waals surface area contributed by atoms with Crippen molar-refractivity contribution in [3.05, 3.63) is 23.8 Å². The van der Waals surface area contributed by atoms with Gasteiger partial charge >= 0.3 is 0 Å². The van der Waals surface area contributed by atoms with Crippen molar-refractivity contribution in [2.24, 2.45) is 5.92 Å². The van der Waals surface area contributed by atoms with Crippen LogP contribution in [0.3, 0.4) is 0 Å². The van der Waals surface area contributed by atoms with E-state index < -0.39 is 0 Å². The lowest BCUT2D eigenvalue weighted by Gasteiger charge is -2.33. The first-order valence-corrected chi connectivity index (χ1v) is 12.5. The number of hydrogen-bond donors (Lipinski definition) is 2. The zero-order valence-corrected chi connectivity index (χ0v) is 20.4. The normalized spacial score (nSPS) is 14.4. The number of piperidine rings is 1. The molecular formula is C26H43N3O3. The Hall–Kier alpha value is -2.08. The molecule has 1 aliphatic heterocycles. The lowest BCUT2D eigenvalue weighted by Crippen LogP contribution is -2.35. The molecule has 0 unspecified atom stereocenters. The number of carbonyl (C=O) groups is 2. The molecule has 0 radical (unpaired) electrons. The summed E-state index contributed by atoms with van der Waals surface area (Å²) in [5.74, 6) is 0.645. The minimum absolute atomic E-state index is 0.0199. The smallest absolute Gasteiger partial charge is 0.253 e. The standard InChI is InChI=1S/C26H43N3O3/c1-4-5-6-7-8-9-11-25(30)28-22-12-13-24(29-17-14-21(2)15-18-29)23(20-22)26(31)27-16-10-19-32-3/h12-13,20-21H,4-11,14-19H2,1-3H3,(H,27,31)(H,28,30). The van der Waals surface area contributed by atoms with E-state index in [4.69, 9.17) is 4.74 Å². The molecule has 2 amide bonds. The number of carbonyl (C=O) groups excluding carboxylic acids is 2. The average molecular weight is 446 g/mol. The number of benzene rings is 1. The Morgan fingerprint density at radius 3 is 2.50 bits per heavy atom. The molecular weight excluding hydrogens is 402 g/mol. The van der Waals surface area contributed by atoms with Crippen molar-refractivity contribution in [2.75, 3.05) is 43.6 Å². The van der Waals surface area contributed by atoms with Gasteiger partial charge in [0.1, 0.15) is 0 Å². The van der Waals surface area contributed by atoms with Gasteiger partial charge in [-0.2, -0.15) is 0 Å². The van der Waals surface area contributed by atoms with E-state index in [-0.39, 0.29) is 11.8 Å². The fourth-order valence-electron chi connectivity index (χ4n) is 4.12. The Morgan fingerprint density at radius 2 is 1.78 bits per heavy atom. The zero-order chi connectivity index (χ0) is 23.2. The molecule has 0 saturated carbocycles. The van der Waals surface area contributed by atoms with Gasteiger partial charge in [0.15, 0.2) is 0 Å². The van der Waals surface area contributed by atoms with Crippen LogP contribution in [0.25, 0.3) is 0 Å². The second-order valence-electron chi connectivity index (χ2n) is 9.07. The maximum atomic E-state index is 13.0. The molecule has 2 rings (SSSR count). The van der Waals surface area contributed by atoms with Gasteiger partial charge in [-0.3, -0.25) is 9.59 Å². The largest absolute Gasteiger partial charge is 0.385 e. The van der Waals surface area contributed by atoms with Crippen LogP contribution in [0, 0.1) is 5.92 Å². The predicted molar refractivity (Wildman–Crippen MR) is 133 cm³/mol. The highest BCUT2D eigenvalue weighted by molar-refractivity contribution is 6.02. The molecule has 0 spiro atoms. The van der Waals surface area contributed by atoms with Crippen LogP contribution in [0.2, 0.25) is 0 Å². The molecule has 1 fully saturated rings. The van der Waals surface area contributed by atoms with Gasteiger partial charge in [-0.25, -0.2) is 0 Å². The summed E-state index contributed by atoms with van der Waals surface area (Å²) < 4.78 is 5.07. The van der Waals surface area contributed by atoms with E-state index in [1.165, 1.54) is 25.7 Å². The first-order chi connectivity index (χ1) is 15.5. The van der Waals surface area contributed by atoms with Crippen molar-refractivity contribution in [2.45, 2.75) is 78.1 Å². The van der Waals surface area contributed by atoms with Gasteiger partial charge in [-0.05, 0) is 49.8 Å². The van der Waals surface area contributed by atoms with Crippen molar-refractivity contribution >= 4 is 23.2 Å². The number of nitrogens with zero attached hydrogens (tertiary/aromatic N) is 1. The van der Waals surface area contributed by atoms with Crippen LogP contribution >= 0.6 is 0 Å². The fourth-order valence-corrected chi connectivity index (χ4v) is 4.12. The van der Waals surface area contributed by atoms with Gasteiger partial charge in [0.05, 0.1) is 5.56 Å². The molecule has 0 aliphatic carbocycles. The molecule has 0 atom stereocenters. The van der Waals surface area contributed by atoms with Gasteiger partial charge in [0, 0.05) is 51.1 Å². The number of unbranched alkanes of at least 4 members (excludes halogenated alkanes) is 5. The van der Waals surface area contributed by atoms with Gasteiger partial charge in [-0.1, -0.05) is 46.0 Å². The quantitative estimate of drug-likeness (QED) is 0.377. The second-order valence-corrected chi connectivity index (χ2v) is 9.07. The Kier molecular flexibility index (Phi) is 12.2. The van der Waals surface area contributed by atoms with E-state index in [0.717, 1.165) is 56.8 Å². The highest BCUT2D eigenvalue weighted by Crippen LogP contribution is 2.29. The number of methoxy groups -OCH3 is 1. The van der Waals surface area contributed by atoms with Gasteiger partial charge in [0.2, 0.25) is 5.91 Å².